The van der Waals surface area contributed by atoms with Gasteiger partial charge < -0.3 is 9.47 Å². The van der Waals surface area contributed by atoms with E-state index in [0.29, 0.717) is 26.1 Å². The van der Waals surface area contributed by atoms with Crippen molar-refractivity contribution in [1.29, 1.82) is 0 Å². The molecule has 0 saturated carbocycles. The average Bonchev–Trinajstić information content (AvgIpc) is 2.87. The largest absolute Gasteiger partial charge is 0.466 e. The predicted molar refractivity (Wildman–Crippen MR) is 161 cm³/mol. The molecule has 220 valence electrons. The molecule has 5 heteroatoms. The van der Waals surface area contributed by atoms with E-state index in [1.54, 1.807) is 0 Å². The minimum absolute atomic E-state index is 0. The minimum atomic E-state index is -0.00797. The fraction of sp³-hybridized carbons (Fsp3) is 0.938. The van der Waals surface area contributed by atoms with Crippen LogP contribution >= 0.6 is 0 Å². The summed E-state index contributed by atoms with van der Waals surface area (Å²) in [5.41, 5.74) is 0. The summed E-state index contributed by atoms with van der Waals surface area (Å²) in [5.74, 6) is -0.0159. The molecule has 0 spiro atoms. The van der Waals surface area contributed by atoms with Crippen LogP contribution in [0.15, 0.2) is 0 Å². The molecule has 0 bridgehead atoms. The third-order valence-corrected chi connectivity index (χ3v) is 6.49. The molecule has 0 heterocycles. The monoisotopic (exact) mass is 632 g/mol. The number of carbonyl (C=O) groups is 2. The van der Waals surface area contributed by atoms with Crippen molar-refractivity contribution in [2.45, 2.75) is 182 Å². The Balaban J connectivity index is -0.000000608. The first kappa shape index (κ1) is 41.2. The smallest absolute Gasteiger partial charge is 0.305 e. The number of unbranched alkanes of at least 4 members (excludes halogenated alkanes) is 18. The van der Waals surface area contributed by atoms with Gasteiger partial charge in [-0.05, 0) is 25.7 Å². The van der Waals surface area contributed by atoms with E-state index in [4.69, 9.17) is 9.47 Å². The van der Waals surface area contributed by atoms with Gasteiger partial charge in [0, 0.05) is 36.7 Å². The molecule has 0 unspecified atom stereocenters. The topological polar surface area (TPSA) is 52.6 Å². The van der Waals surface area contributed by atoms with E-state index < -0.39 is 0 Å². The number of ether oxygens (including phenoxy) is 2. The van der Waals surface area contributed by atoms with Gasteiger partial charge in [-0.2, -0.15) is 0 Å². The summed E-state index contributed by atoms with van der Waals surface area (Å²) in [7, 11) is 0. The van der Waals surface area contributed by atoms with E-state index >= 15 is 0 Å². The number of rotatable bonds is 26. The molecule has 0 aliphatic carbocycles. The van der Waals surface area contributed by atoms with Gasteiger partial charge in [-0.1, -0.05) is 143 Å². The molecule has 0 amide bonds. The van der Waals surface area contributed by atoms with Crippen molar-refractivity contribution in [3.05, 3.63) is 0 Å². The minimum Gasteiger partial charge on any atom is -0.466 e. The first-order chi connectivity index (χ1) is 17.6. The number of esters is 2. The Morgan fingerprint density at radius 1 is 0.378 bits per heavy atom. The van der Waals surface area contributed by atoms with Gasteiger partial charge in [-0.3, -0.25) is 9.59 Å². The molecule has 37 heavy (non-hydrogen) atoms. The zero-order valence-electron chi connectivity index (χ0n) is 25.5. The van der Waals surface area contributed by atoms with Crippen LogP contribution in [0, 0.1) is 0 Å². The van der Waals surface area contributed by atoms with Crippen molar-refractivity contribution in [3.63, 3.8) is 0 Å². The van der Waals surface area contributed by atoms with Crippen LogP contribution in [0.1, 0.15) is 182 Å². The molecule has 0 aromatic rings. The first-order valence-corrected chi connectivity index (χ1v) is 15.9. The summed E-state index contributed by atoms with van der Waals surface area (Å²) >= 11 is 0. The summed E-state index contributed by atoms with van der Waals surface area (Å²) in [5, 5.41) is 0. The molecule has 0 atom stereocenters. The van der Waals surface area contributed by atoms with Crippen molar-refractivity contribution in [3.8, 4) is 0 Å². The van der Waals surface area contributed by atoms with Gasteiger partial charge in [0.15, 0.2) is 0 Å². The molecule has 0 saturated heterocycles. The molecule has 0 aliphatic heterocycles. The average molecular weight is 632 g/mol. The van der Waals surface area contributed by atoms with E-state index in [2.05, 4.69) is 27.7 Å². The molecular weight excluding hydrogens is 567 g/mol. The van der Waals surface area contributed by atoms with Crippen molar-refractivity contribution in [2.75, 3.05) is 13.2 Å². The van der Waals surface area contributed by atoms with Crippen LogP contribution in [0.5, 0.6) is 0 Å². The maximum absolute atomic E-state index is 11.3. The molecule has 0 aliphatic rings. The van der Waals surface area contributed by atoms with Crippen LogP contribution in [0.2, 0.25) is 0 Å². The van der Waals surface area contributed by atoms with Crippen LogP contribution in [-0.2, 0) is 19.1 Å². The van der Waals surface area contributed by atoms with Crippen LogP contribution in [-0.4, -0.2) is 49.1 Å². The Kier molecular flexibility index (Phi) is 42.2. The summed E-state index contributed by atoms with van der Waals surface area (Å²) < 4.78 is 10.2. The standard InChI is InChI=1S/2C16H32O2.Sn/c2*1-3-5-7-8-9-10-11-12-13-14-16(17)18-15-6-4-2;/h2*3-15H2,1-2H3;. The quantitative estimate of drug-likeness (QED) is 0.0542. The third-order valence-electron chi connectivity index (χ3n) is 6.49. The van der Waals surface area contributed by atoms with Gasteiger partial charge in [-0.15, -0.1) is 0 Å². The Morgan fingerprint density at radius 2 is 0.622 bits per heavy atom. The van der Waals surface area contributed by atoms with Gasteiger partial charge in [-0.25, -0.2) is 0 Å². The second-order valence-electron chi connectivity index (χ2n) is 10.3. The summed E-state index contributed by atoms with van der Waals surface area (Å²) in [6, 6.07) is 0. The zero-order chi connectivity index (χ0) is 27.0. The SMILES string of the molecule is CCCCCCCCCCCC(=O)OCCCC.CCCCCCCCCCCC(=O)OCCCC.[Sn]. The second kappa shape index (κ2) is 37.9. The van der Waals surface area contributed by atoms with E-state index in [-0.39, 0.29) is 35.8 Å². The Morgan fingerprint density at radius 3 is 0.892 bits per heavy atom. The van der Waals surface area contributed by atoms with Crippen LogP contribution < -0.4 is 0 Å². The van der Waals surface area contributed by atoms with Gasteiger partial charge in [0.05, 0.1) is 13.2 Å². The van der Waals surface area contributed by atoms with Gasteiger partial charge in [0.2, 0.25) is 0 Å². The third kappa shape index (κ3) is 40.4. The zero-order valence-corrected chi connectivity index (χ0v) is 28.4. The molecule has 4 nitrogen and oxygen atoms in total. The van der Waals surface area contributed by atoms with Crippen LogP contribution in [0.25, 0.3) is 0 Å². The van der Waals surface area contributed by atoms with E-state index in [0.717, 1.165) is 38.5 Å². The van der Waals surface area contributed by atoms with Crippen LogP contribution in [0.4, 0.5) is 0 Å². The molecule has 4 radical (unpaired) electrons. The van der Waals surface area contributed by atoms with Gasteiger partial charge in [0.1, 0.15) is 0 Å². The number of carbonyl (C=O) groups excluding carboxylic acids is 2. The van der Waals surface area contributed by atoms with Crippen molar-refractivity contribution < 1.29 is 19.1 Å². The number of hydrogen-bond donors (Lipinski definition) is 0. The Labute approximate surface area is 249 Å². The van der Waals surface area contributed by atoms with Crippen molar-refractivity contribution in [2.24, 2.45) is 0 Å². The van der Waals surface area contributed by atoms with E-state index in [1.807, 2.05) is 0 Å². The van der Waals surface area contributed by atoms with Crippen molar-refractivity contribution in [1.82, 2.24) is 0 Å². The maximum Gasteiger partial charge on any atom is 0.305 e. The van der Waals surface area contributed by atoms with E-state index in [1.165, 1.54) is 103 Å². The molecular formula is C32H64O4Sn. The second-order valence-corrected chi connectivity index (χ2v) is 10.3. The van der Waals surface area contributed by atoms with Gasteiger partial charge in [0.25, 0.3) is 0 Å². The molecule has 0 N–H and O–H groups in total. The number of hydrogen-bond acceptors (Lipinski definition) is 4. The van der Waals surface area contributed by atoms with E-state index in [9.17, 15) is 9.59 Å². The summed E-state index contributed by atoms with van der Waals surface area (Å²) in [6.07, 6.45) is 28.6. The molecule has 0 aromatic heterocycles. The summed E-state index contributed by atoms with van der Waals surface area (Å²) in [6.45, 7) is 9.92. The first-order valence-electron chi connectivity index (χ1n) is 15.9. The predicted octanol–water partition coefficient (Wildman–Crippen LogP) is 10.1. The van der Waals surface area contributed by atoms with Crippen LogP contribution in [0.3, 0.4) is 0 Å². The molecule has 0 fully saturated rings. The van der Waals surface area contributed by atoms with Gasteiger partial charge >= 0.3 is 11.9 Å². The van der Waals surface area contributed by atoms with Crippen molar-refractivity contribution >= 4 is 35.8 Å². The maximum atomic E-state index is 11.3. The summed E-state index contributed by atoms with van der Waals surface area (Å²) in [4.78, 5) is 22.6. The Hall–Kier alpha value is -0.261. The fourth-order valence-corrected chi connectivity index (χ4v) is 3.97. The fourth-order valence-electron chi connectivity index (χ4n) is 3.97. The Bertz CT molecular complexity index is 403. The molecule has 0 aromatic carbocycles. The normalized spacial score (nSPS) is 10.3. The molecule has 0 rings (SSSR count).